The molecule has 0 atom stereocenters. The van der Waals surface area contributed by atoms with E-state index in [1.54, 1.807) is 12.1 Å². The van der Waals surface area contributed by atoms with Crippen LogP contribution in [0.4, 0.5) is 0 Å². The van der Waals surface area contributed by atoms with Crippen LogP contribution in [0.5, 0.6) is 5.75 Å². The van der Waals surface area contributed by atoms with Gasteiger partial charge < -0.3 is 9.84 Å². The van der Waals surface area contributed by atoms with Crippen LogP contribution in [-0.2, 0) is 5.60 Å². The first-order valence-corrected chi connectivity index (χ1v) is 9.83. The molecule has 2 N–H and O–H groups in total. The molecule has 0 fully saturated rings. The van der Waals surface area contributed by atoms with Gasteiger partial charge in [0.15, 0.2) is 5.69 Å². The Balaban J connectivity index is 2.04. The summed E-state index contributed by atoms with van der Waals surface area (Å²) in [6.45, 7) is 3.65. The lowest BCUT2D eigenvalue weighted by molar-refractivity contribution is 0.0665. The Hall–Kier alpha value is -1.77. The van der Waals surface area contributed by atoms with Crippen molar-refractivity contribution < 1.29 is 14.6 Å². The largest absolute Gasteiger partial charge is 0.482 e. The molecule has 2 aromatic carbocycles. The quantitative estimate of drug-likeness (QED) is 0.412. The molecule has 8 heteroatoms. The third-order valence-electron chi connectivity index (χ3n) is 4.50. The number of ether oxygens (including phenoxy) is 1. The average Bonchev–Trinajstić information content (AvgIpc) is 3.02. The smallest absolute Gasteiger partial charge is 0.354 e. The van der Waals surface area contributed by atoms with Crippen LogP contribution in [0.25, 0.3) is 22.4 Å². The van der Waals surface area contributed by atoms with Gasteiger partial charge in [0.2, 0.25) is 0 Å². The summed E-state index contributed by atoms with van der Waals surface area (Å²) in [5, 5.41) is 17.4. The lowest BCUT2D eigenvalue weighted by Crippen LogP contribution is -2.31. The Kier molecular flexibility index (Phi) is 4.40. The van der Waals surface area contributed by atoms with E-state index >= 15 is 0 Å². The maximum absolute atomic E-state index is 11.6. The molecular formula is C19H13Cl2IN2O3. The van der Waals surface area contributed by atoms with Crippen molar-refractivity contribution in [2.24, 2.45) is 0 Å². The summed E-state index contributed by atoms with van der Waals surface area (Å²) in [6.07, 6.45) is 0. The Morgan fingerprint density at radius 1 is 1.22 bits per heavy atom. The van der Waals surface area contributed by atoms with Gasteiger partial charge in [-0.25, -0.2) is 4.79 Å². The summed E-state index contributed by atoms with van der Waals surface area (Å²) >= 11 is 14.7. The first-order valence-electron chi connectivity index (χ1n) is 8.00. The normalized spacial score (nSPS) is 14.3. The predicted octanol–water partition coefficient (Wildman–Crippen LogP) is 5.98. The van der Waals surface area contributed by atoms with Gasteiger partial charge in [-0.05, 0) is 60.7 Å². The molecule has 4 rings (SSSR count). The number of H-pyrrole nitrogens is 1. The number of aromatic nitrogens is 2. The highest BCUT2D eigenvalue weighted by Crippen LogP contribution is 2.51. The van der Waals surface area contributed by atoms with Crippen LogP contribution in [0.15, 0.2) is 30.3 Å². The first kappa shape index (κ1) is 18.6. The molecule has 5 nitrogen and oxygen atoms in total. The van der Waals surface area contributed by atoms with Crippen molar-refractivity contribution in [2.75, 3.05) is 0 Å². The molecule has 0 radical (unpaired) electrons. The molecule has 0 spiro atoms. The van der Waals surface area contributed by atoms with Crippen LogP contribution in [0.2, 0.25) is 10.0 Å². The first-order chi connectivity index (χ1) is 12.7. The van der Waals surface area contributed by atoms with Gasteiger partial charge in [0, 0.05) is 25.3 Å². The molecule has 0 saturated heterocycles. The fourth-order valence-corrected chi connectivity index (χ4v) is 4.60. The molecule has 0 unspecified atom stereocenters. The van der Waals surface area contributed by atoms with E-state index in [2.05, 4.69) is 32.8 Å². The molecule has 3 aromatic rings. The van der Waals surface area contributed by atoms with E-state index in [1.807, 2.05) is 32.0 Å². The summed E-state index contributed by atoms with van der Waals surface area (Å²) < 4.78 is 7.27. The Labute approximate surface area is 178 Å². The topological polar surface area (TPSA) is 75.2 Å². The average molecular weight is 515 g/mol. The molecule has 0 bridgehead atoms. The second-order valence-corrected chi connectivity index (χ2v) is 8.67. The summed E-state index contributed by atoms with van der Waals surface area (Å²) in [7, 11) is 0. The van der Waals surface area contributed by atoms with E-state index in [0.717, 1.165) is 20.3 Å². The highest BCUT2D eigenvalue weighted by atomic mass is 127. The fraction of sp³-hybridized carbons (Fsp3) is 0.158. The number of carbonyl (C=O) groups is 1. The van der Waals surface area contributed by atoms with Crippen molar-refractivity contribution in [3.63, 3.8) is 0 Å². The van der Waals surface area contributed by atoms with Crippen molar-refractivity contribution in [3.05, 3.63) is 55.2 Å². The number of aromatic carboxylic acids is 1. The van der Waals surface area contributed by atoms with Crippen molar-refractivity contribution in [1.29, 1.82) is 0 Å². The van der Waals surface area contributed by atoms with Gasteiger partial charge in [0.05, 0.1) is 10.6 Å². The van der Waals surface area contributed by atoms with Gasteiger partial charge in [-0.3, -0.25) is 5.10 Å². The van der Waals surface area contributed by atoms with E-state index in [0.29, 0.717) is 27.1 Å². The molecule has 1 aliphatic heterocycles. The van der Waals surface area contributed by atoms with Gasteiger partial charge in [0.1, 0.15) is 17.0 Å². The third-order valence-corrected chi connectivity index (χ3v) is 5.95. The van der Waals surface area contributed by atoms with Gasteiger partial charge in [-0.1, -0.05) is 29.3 Å². The number of hydrogen-bond acceptors (Lipinski definition) is 3. The molecule has 2 heterocycles. The number of aromatic amines is 1. The molecular weight excluding hydrogens is 502 g/mol. The minimum atomic E-state index is -1.07. The van der Waals surface area contributed by atoms with Gasteiger partial charge >= 0.3 is 5.97 Å². The van der Waals surface area contributed by atoms with Crippen LogP contribution < -0.4 is 4.74 Å². The SMILES string of the molecule is CC1(C)Oc2c(ccc(I)c2-c2ccc(Cl)cc2Cl)-c2n[nH]c(C(=O)O)c21. The number of fused-ring (bicyclic) bond motifs is 3. The number of nitrogens with one attached hydrogen (secondary N) is 1. The maximum atomic E-state index is 11.6. The molecule has 1 aromatic heterocycles. The number of carboxylic acids is 1. The Bertz CT molecular complexity index is 1110. The number of benzene rings is 2. The van der Waals surface area contributed by atoms with Crippen LogP contribution in [0.3, 0.4) is 0 Å². The van der Waals surface area contributed by atoms with Crippen molar-refractivity contribution in [1.82, 2.24) is 10.2 Å². The zero-order valence-electron chi connectivity index (χ0n) is 14.2. The maximum Gasteiger partial charge on any atom is 0.354 e. The van der Waals surface area contributed by atoms with Crippen LogP contribution in [-0.4, -0.2) is 21.3 Å². The van der Waals surface area contributed by atoms with Crippen LogP contribution in [0, 0.1) is 3.57 Å². The molecule has 27 heavy (non-hydrogen) atoms. The number of halogens is 3. The standard InChI is InChI=1S/C19H13Cl2IN2O3/c1-19(2)14-15(23-24-16(14)18(25)26)10-5-6-12(22)13(17(10)27-19)9-4-3-8(20)7-11(9)21/h3-7H,1-2H3,(H,23,24)(H,25,26). The highest BCUT2D eigenvalue weighted by Gasteiger charge is 2.40. The predicted molar refractivity (Wildman–Crippen MR) is 113 cm³/mol. The van der Waals surface area contributed by atoms with Crippen LogP contribution >= 0.6 is 45.8 Å². The molecule has 0 amide bonds. The minimum absolute atomic E-state index is 0.0327. The zero-order chi connectivity index (χ0) is 19.5. The summed E-state index contributed by atoms with van der Waals surface area (Å²) in [6, 6.07) is 9.12. The third kappa shape index (κ3) is 2.90. The zero-order valence-corrected chi connectivity index (χ0v) is 17.9. The monoisotopic (exact) mass is 514 g/mol. The summed E-state index contributed by atoms with van der Waals surface area (Å²) in [5.74, 6) is -0.456. The van der Waals surface area contributed by atoms with Gasteiger partial charge in [0.25, 0.3) is 0 Å². The number of nitrogens with zero attached hydrogens (tertiary/aromatic N) is 1. The number of carboxylic acid groups (broad SMARTS) is 1. The Morgan fingerprint density at radius 2 is 1.93 bits per heavy atom. The van der Waals surface area contributed by atoms with Crippen molar-refractivity contribution in [2.45, 2.75) is 19.4 Å². The second kappa shape index (κ2) is 6.39. The lowest BCUT2D eigenvalue weighted by Gasteiger charge is -2.34. The number of rotatable bonds is 2. The van der Waals surface area contributed by atoms with Crippen LogP contribution in [0.1, 0.15) is 29.9 Å². The lowest BCUT2D eigenvalue weighted by atomic mass is 9.87. The number of hydrogen-bond donors (Lipinski definition) is 2. The fourth-order valence-electron chi connectivity index (χ4n) is 3.38. The van der Waals surface area contributed by atoms with E-state index in [1.165, 1.54) is 0 Å². The van der Waals surface area contributed by atoms with Crippen molar-refractivity contribution in [3.8, 4) is 28.1 Å². The highest BCUT2D eigenvalue weighted by molar-refractivity contribution is 14.1. The Morgan fingerprint density at radius 3 is 2.59 bits per heavy atom. The van der Waals surface area contributed by atoms with Gasteiger partial charge in [-0.2, -0.15) is 5.10 Å². The van der Waals surface area contributed by atoms with E-state index in [-0.39, 0.29) is 5.69 Å². The van der Waals surface area contributed by atoms with Crippen molar-refractivity contribution >= 4 is 51.8 Å². The summed E-state index contributed by atoms with van der Waals surface area (Å²) in [5.41, 5.74) is 2.57. The van der Waals surface area contributed by atoms with E-state index in [9.17, 15) is 9.90 Å². The second-order valence-electron chi connectivity index (χ2n) is 6.66. The molecule has 0 aliphatic carbocycles. The van der Waals surface area contributed by atoms with Gasteiger partial charge in [-0.15, -0.1) is 0 Å². The van der Waals surface area contributed by atoms with E-state index < -0.39 is 11.6 Å². The summed E-state index contributed by atoms with van der Waals surface area (Å²) in [4.78, 5) is 11.6. The molecule has 1 aliphatic rings. The van der Waals surface area contributed by atoms with E-state index in [4.69, 9.17) is 27.9 Å². The minimum Gasteiger partial charge on any atom is -0.482 e. The molecule has 0 saturated carbocycles. The molecule has 138 valence electrons.